The molecule has 116 valence electrons. The molecule has 0 radical (unpaired) electrons. The van der Waals surface area contributed by atoms with Crippen LogP contribution in [0.1, 0.15) is 39.5 Å². The molecular formula is C14H19NO6. The Hall–Kier alpha value is -2.02. The molecule has 1 aliphatic rings. The van der Waals surface area contributed by atoms with Crippen molar-refractivity contribution in [2.75, 3.05) is 13.2 Å². The largest absolute Gasteiger partial charge is 0.392 e. The summed E-state index contributed by atoms with van der Waals surface area (Å²) in [5.74, 6) is -0.473. The first-order valence-corrected chi connectivity index (χ1v) is 6.77. The lowest BCUT2D eigenvalue weighted by Crippen LogP contribution is -2.23. The van der Waals surface area contributed by atoms with Crippen molar-refractivity contribution in [3.8, 4) is 0 Å². The van der Waals surface area contributed by atoms with Crippen molar-refractivity contribution >= 4 is 11.6 Å². The average molecular weight is 297 g/mol. The second-order valence-electron chi connectivity index (χ2n) is 4.89. The zero-order valence-electron chi connectivity index (χ0n) is 12.2. The number of Topliss-reactive ketones (excluding diaryl/α,β-unsaturated/α-hetero) is 2. The summed E-state index contributed by atoms with van der Waals surface area (Å²) in [6, 6.07) is 0. The van der Waals surface area contributed by atoms with Crippen molar-refractivity contribution in [1.82, 2.24) is 0 Å². The number of aliphatic hydroxyl groups is 1. The van der Waals surface area contributed by atoms with Crippen LogP contribution in [0.2, 0.25) is 0 Å². The fourth-order valence-electron chi connectivity index (χ4n) is 2.28. The van der Waals surface area contributed by atoms with Gasteiger partial charge in [0.05, 0.1) is 13.2 Å². The van der Waals surface area contributed by atoms with E-state index in [2.05, 4.69) is 4.84 Å². The fraction of sp³-hybridized carbons (Fsp3) is 0.571. The Balaban J connectivity index is 2.55. The molecule has 0 aromatic carbocycles. The lowest BCUT2D eigenvalue weighted by molar-refractivity contribution is -0.757. The highest BCUT2D eigenvalue weighted by Gasteiger charge is 2.28. The van der Waals surface area contributed by atoms with Gasteiger partial charge in [0, 0.05) is 22.3 Å². The highest BCUT2D eigenvalue weighted by molar-refractivity contribution is 6.24. The van der Waals surface area contributed by atoms with Gasteiger partial charge in [-0.15, -0.1) is 10.1 Å². The zero-order valence-corrected chi connectivity index (χ0v) is 12.2. The number of allylic oxidation sites excluding steroid dienone is 3. The van der Waals surface area contributed by atoms with Crippen LogP contribution < -0.4 is 0 Å². The van der Waals surface area contributed by atoms with Crippen LogP contribution in [0, 0.1) is 10.1 Å². The highest BCUT2D eigenvalue weighted by atomic mass is 16.9. The van der Waals surface area contributed by atoms with E-state index in [4.69, 9.17) is 5.11 Å². The molecule has 0 bridgehead atoms. The number of nitrogens with zero attached hydrogens (tertiary/aromatic N) is 1. The van der Waals surface area contributed by atoms with Crippen LogP contribution >= 0.6 is 0 Å². The molecule has 0 heterocycles. The maximum absolute atomic E-state index is 12.2. The molecule has 0 saturated carbocycles. The number of ketones is 2. The van der Waals surface area contributed by atoms with Gasteiger partial charge in [-0.25, -0.2) is 0 Å². The van der Waals surface area contributed by atoms with Crippen molar-refractivity contribution in [3.05, 3.63) is 32.4 Å². The maximum Gasteiger partial charge on any atom is 0.294 e. The standard InChI is InChI=1S/C14H19NO6/c1-9-11(6-4-3-5-7-21-15(19)20)13(17)10(2)12(8-16)14(9)18/h16H,3-8H2,1-2H3. The fourth-order valence-corrected chi connectivity index (χ4v) is 2.28. The first-order valence-electron chi connectivity index (χ1n) is 6.77. The van der Waals surface area contributed by atoms with Gasteiger partial charge in [0.25, 0.3) is 5.09 Å². The molecule has 1 rings (SSSR count). The Labute approximate surface area is 122 Å². The molecule has 0 saturated heterocycles. The smallest absolute Gasteiger partial charge is 0.294 e. The molecule has 0 unspecified atom stereocenters. The summed E-state index contributed by atoms with van der Waals surface area (Å²) in [6.07, 6.45) is 2.29. The van der Waals surface area contributed by atoms with E-state index < -0.39 is 11.7 Å². The summed E-state index contributed by atoms with van der Waals surface area (Å²) < 4.78 is 0. The third-order valence-electron chi connectivity index (χ3n) is 3.56. The summed E-state index contributed by atoms with van der Waals surface area (Å²) in [7, 11) is 0. The second-order valence-corrected chi connectivity index (χ2v) is 4.89. The topological polar surface area (TPSA) is 107 Å². The summed E-state index contributed by atoms with van der Waals surface area (Å²) in [5.41, 5.74) is 1.33. The summed E-state index contributed by atoms with van der Waals surface area (Å²) in [6.45, 7) is 2.74. The van der Waals surface area contributed by atoms with Crippen molar-refractivity contribution in [1.29, 1.82) is 0 Å². The maximum atomic E-state index is 12.2. The van der Waals surface area contributed by atoms with Crippen LogP contribution in [-0.2, 0) is 14.4 Å². The number of rotatable bonds is 8. The number of hydrogen-bond acceptors (Lipinski definition) is 6. The van der Waals surface area contributed by atoms with Crippen LogP contribution in [-0.4, -0.2) is 35.0 Å². The van der Waals surface area contributed by atoms with Gasteiger partial charge in [-0.05, 0) is 33.1 Å². The molecule has 0 atom stereocenters. The number of hydrogen-bond donors (Lipinski definition) is 1. The van der Waals surface area contributed by atoms with Crippen LogP contribution in [0.15, 0.2) is 22.3 Å². The second kappa shape index (κ2) is 7.68. The van der Waals surface area contributed by atoms with E-state index >= 15 is 0 Å². The minimum Gasteiger partial charge on any atom is -0.392 e. The van der Waals surface area contributed by atoms with Crippen molar-refractivity contribution in [2.24, 2.45) is 0 Å². The molecule has 0 spiro atoms. The van der Waals surface area contributed by atoms with E-state index in [1.807, 2.05) is 0 Å². The van der Waals surface area contributed by atoms with Gasteiger partial charge >= 0.3 is 0 Å². The minimum atomic E-state index is -0.833. The Kier molecular flexibility index (Phi) is 6.23. The minimum absolute atomic E-state index is 0.0332. The third kappa shape index (κ3) is 4.22. The average Bonchev–Trinajstić information content (AvgIpc) is 2.44. The summed E-state index contributed by atoms with van der Waals surface area (Å²) >= 11 is 0. The monoisotopic (exact) mass is 297 g/mol. The number of carbonyl (C=O) groups is 2. The van der Waals surface area contributed by atoms with Gasteiger partial charge < -0.3 is 9.94 Å². The van der Waals surface area contributed by atoms with Crippen LogP contribution in [0.25, 0.3) is 0 Å². The Morgan fingerprint density at radius 3 is 2.19 bits per heavy atom. The van der Waals surface area contributed by atoms with E-state index in [1.165, 1.54) is 0 Å². The Bertz CT molecular complexity index is 518. The molecule has 21 heavy (non-hydrogen) atoms. The van der Waals surface area contributed by atoms with E-state index in [0.29, 0.717) is 42.4 Å². The summed E-state index contributed by atoms with van der Waals surface area (Å²) in [5, 5.41) is 18.3. The van der Waals surface area contributed by atoms with Gasteiger partial charge in [-0.1, -0.05) is 6.42 Å². The summed E-state index contributed by atoms with van der Waals surface area (Å²) in [4.78, 5) is 38.3. The third-order valence-corrected chi connectivity index (χ3v) is 3.56. The first-order chi connectivity index (χ1) is 9.90. The van der Waals surface area contributed by atoms with E-state index in [1.54, 1.807) is 13.8 Å². The van der Waals surface area contributed by atoms with Gasteiger partial charge in [-0.2, -0.15) is 0 Å². The lowest BCUT2D eigenvalue weighted by Gasteiger charge is -2.19. The number of carbonyl (C=O) groups excluding carboxylic acids is 2. The molecule has 0 aliphatic heterocycles. The molecule has 1 aliphatic carbocycles. The highest BCUT2D eigenvalue weighted by Crippen LogP contribution is 2.27. The van der Waals surface area contributed by atoms with E-state index in [9.17, 15) is 19.7 Å². The molecule has 7 heteroatoms. The van der Waals surface area contributed by atoms with Crippen molar-refractivity contribution < 1.29 is 24.6 Å². The van der Waals surface area contributed by atoms with Crippen molar-refractivity contribution in [2.45, 2.75) is 39.5 Å². The van der Waals surface area contributed by atoms with Gasteiger partial charge in [-0.3, -0.25) is 9.59 Å². The van der Waals surface area contributed by atoms with E-state index in [-0.39, 0.29) is 23.7 Å². The SMILES string of the molecule is CC1=C(CO)C(=O)C(C)=C(CCCCCO[N+](=O)[O-])C1=O. The van der Waals surface area contributed by atoms with Gasteiger partial charge in [0.2, 0.25) is 0 Å². The zero-order chi connectivity index (χ0) is 16.0. The molecule has 0 amide bonds. The predicted molar refractivity (Wildman–Crippen MR) is 73.9 cm³/mol. The quantitative estimate of drug-likeness (QED) is 0.315. The van der Waals surface area contributed by atoms with Gasteiger partial charge in [0.1, 0.15) is 0 Å². The van der Waals surface area contributed by atoms with Gasteiger partial charge in [0.15, 0.2) is 11.6 Å². The number of aliphatic hydroxyl groups excluding tert-OH is 1. The van der Waals surface area contributed by atoms with Crippen LogP contribution in [0.3, 0.4) is 0 Å². The van der Waals surface area contributed by atoms with Crippen LogP contribution in [0.5, 0.6) is 0 Å². The molecular weight excluding hydrogens is 278 g/mol. The first kappa shape index (κ1) is 17.0. The molecule has 0 aromatic heterocycles. The van der Waals surface area contributed by atoms with Crippen molar-refractivity contribution in [3.63, 3.8) is 0 Å². The molecule has 1 N–H and O–H groups in total. The predicted octanol–water partition coefficient (Wildman–Crippen LogP) is 1.53. The number of unbranched alkanes of at least 4 members (excludes halogenated alkanes) is 2. The Morgan fingerprint density at radius 2 is 1.62 bits per heavy atom. The molecule has 0 aromatic rings. The molecule has 7 nitrogen and oxygen atoms in total. The normalized spacial score (nSPS) is 15.8. The van der Waals surface area contributed by atoms with E-state index in [0.717, 1.165) is 0 Å². The molecule has 0 fully saturated rings. The lowest BCUT2D eigenvalue weighted by atomic mass is 9.83. The Morgan fingerprint density at radius 1 is 1.05 bits per heavy atom. The van der Waals surface area contributed by atoms with Crippen LogP contribution in [0.4, 0.5) is 0 Å².